The topological polar surface area (TPSA) is 64.9 Å². The van der Waals surface area contributed by atoms with Gasteiger partial charge in [0.15, 0.2) is 5.82 Å². The molecule has 1 aromatic rings. The van der Waals surface area contributed by atoms with E-state index >= 15 is 0 Å². The molecule has 0 aliphatic heterocycles. The van der Waals surface area contributed by atoms with E-state index in [0.717, 1.165) is 18.2 Å². The fraction of sp³-hybridized carbons (Fsp3) is 0.778. The van der Waals surface area contributed by atoms with Crippen molar-refractivity contribution in [3.8, 4) is 0 Å². The van der Waals surface area contributed by atoms with Gasteiger partial charge in [0.05, 0.1) is 0 Å². The molecule has 2 rings (SSSR count). The van der Waals surface area contributed by atoms with Crippen LogP contribution in [0.5, 0.6) is 0 Å². The summed E-state index contributed by atoms with van der Waals surface area (Å²) in [4.78, 5) is 4.27. The van der Waals surface area contributed by atoms with Crippen molar-refractivity contribution in [1.29, 1.82) is 0 Å². The van der Waals surface area contributed by atoms with Gasteiger partial charge in [0, 0.05) is 18.9 Å². The van der Waals surface area contributed by atoms with Gasteiger partial charge in [0.1, 0.15) is 0 Å². The molecule has 1 atom stereocenters. The van der Waals surface area contributed by atoms with E-state index in [1.54, 1.807) is 0 Å². The Hall–Kier alpha value is -0.900. The van der Waals surface area contributed by atoms with Gasteiger partial charge in [0.2, 0.25) is 5.89 Å². The Morgan fingerprint density at radius 1 is 1.62 bits per heavy atom. The zero-order chi connectivity index (χ0) is 9.26. The van der Waals surface area contributed by atoms with Crippen LogP contribution in [0.2, 0.25) is 0 Å². The highest BCUT2D eigenvalue weighted by Crippen LogP contribution is 2.31. The predicted molar refractivity (Wildman–Crippen MR) is 48.1 cm³/mol. The fourth-order valence-electron chi connectivity index (χ4n) is 1.31. The molecule has 1 aliphatic carbocycles. The lowest BCUT2D eigenvalue weighted by Crippen LogP contribution is -2.17. The lowest BCUT2D eigenvalue weighted by atomic mass is 10.2. The van der Waals surface area contributed by atoms with Crippen molar-refractivity contribution >= 4 is 0 Å². The molecule has 4 nitrogen and oxygen atoms in total. The maximum absolute atomic E-state index is 5.62. The molecular weight excluding hydrogens is 166 g/mol. The molecule has 1 saturated carbocycles. The molecule has 13 heavy (non-hydrogen) atoms. The average molecular weight is 181 g/mol. The van der Waals surface area contributed by atoms with Crippen LogP contribution in [0.25, 0.3) is 0 Å². The van der Waals surface area contributed by atoms with Crippen LogP contribution in [0.3, 0.4) is 0 Å². The van der Waals surface area contributed by atoms with Crippen molar-refractivity contribution in [3.63, 3.8) is 0 Å². The number of hydrogen-bond donors (Lipinski definition) is 1. The van der Waals surface area contributed by atoms with Crippen LogP contribution in [-0.4, -0.2) is 16.2 Å². The van der Waals surface area contributed by atoms with Crippen LogP contribution >= 0.6 is 0 Å². The van der Waals surface area contributed by atoms with Crippen LogP contribution < -0.4 is 5.73 Å². The molecule has 1 fully saturated rings. The van der Waals surface area contributed by atoms with Crippen LogP contribution in [0.1, 0.15) is 31.5 Å². The van der Waals surface area contributed by atoms with Gasteiger partial charge in [-0.15, -0.1) is 0 Å². The summed E-state index contributed by atoms with van der Waals surface area (Å²) in [7, 11) is 0. The minimum Gasteiger partial charge on any atom is -0.339 e. The van der Waals surface area contributed by atoms with Gasteiger partial charge in [-0.1, -0.05) is 5.16 Å². The number of aromatic nitrogens is 2. The first kappa shape index (κ1) is 8.69. The van der Waals surface area contributed by atoms with E-state index in [1.807, 2.05) is 6.92 Å². The summed E-state index contributed by atoms with van der Waals surface area (Å²) in [6, 6.07) is 0.0919. The van der Waals surface area contributed by atoms with Crippen LogP contribution in [0, 0.1) is 5.92 Å². The van der Waals surface area contributed by atoms with Gasteiger partial charge < -0.3 is 10.3 Å². The minimum atomic E-state index is 0.0919. The molecule has 4 heteroatoms. The Labute approximate surface area is 77.5 Å². The second-order valence-corrected chi connectivity index (χ2v) is 3.93. The molecule has 0 amide bonds. The molecular formula is C9H15N3O. The largest absolute Gasteiger partial charge is 0.339 e. The summed E-state index contributed by atoms with van der Waals surface area (Å²) < 4.78 is 5.06. The predicted octanol–water partition coefficient (Wildman–Crippen LogP) is 0.912. The highest BCUT2D eigenvalue weighted by atomic mass is 16.5. The van der Waals surface area contributed by atoms with Gasteiger partial charge in [0.25, 0.3) is 0 Å². The monoisotopic (exact) mass is 181 g/mol. The van der Waals surface area contributed by atoms with Crippen molar-refractivity contribution in [1.82, 2.24) is 10.1 Å². The summed E-state index contributed by atoms with van der Waals surface area (Å²) in [5, 5.41) is 3.91. The van der Waals surface area contributed by atoms with E-state index in [1.165, 1.54) is 12.8 Å². The Balaban J connectivity index is 1.91. The number of nitrogens with two attached hydrogens (primary N) is 1. The van der Waals surface area contributed by atoms with Crippen molar-refractivity contribution in [2.45, 2.75) is 38.6 Å². The molecule has 72 valence electrons. The molecule has 1 aromatic heterocycles. The second-order valence-electron chi connectivity index (χ2n) is 3.93. The molecule has 0 aromatic carbocycles. The van der Waals surface area contributed by atoms with Gasteiger partial charge in [-0.3, -0.25) is 0 Å². The van der Waals surface area contributed by atoms with E-state index in [4.69, 9.17) is 10.3 Å². The highest BCUT2D eigenvalue weighted by Gasteiger charge is 2.24. The molecule has 1 aliphatic rings. The Kier molecular flexibility index (Phi) is 2.31. The van der Waals surface area contributed by atoms with Crippen molar-refractivity contribution in [2.75, 3.05) is 0 Å². The molecule has 0 saturated heterocycles. The lowest BCUT2D eigenvalue weighted by Gasteiger charge is -1.96. The van der Waals surface area contributed by atoms with Crippen molar-refractivity contribution in [3.05, 3.63) is 11.7 Å². The molecule has 1 heterocycles. The normalized spacial score (nSPS) is 18.9. The molecule has 0 radical (unpaired) electrons. The standard InChI is InChI=1S/C9H15N3O/c1-6(10)4-9-11-8(12-13-9)5-7-2-3-7/h6-7H,2-5,10H2,1H3. The van der Waals surface area contributed by atoms with E-state index in [9.17, 15) is 0 Å². The highest BCUT2D eigenvalue weighted by molar-refractivity contribution is 4.92. The first-order chi connectivity index (χ1) is 6.24. The third kappa shape index (κ3) is 2.52. The first-order valence-electron chi connectivity index (χ1n) is 4.81. The summed E-state index contributed by atoms with van der Waals surface area (Å²) in [6.07, 6.45) is 4.29. The number of hydrogen-bond acceptors (Lipinski definition) is 4. The second kappa shape index (κ2) is 3.46. The maximum Gasteiger partial charge on any atom is 0.228 e. The lowest BCUT2D eigenvalue weighted by molar-refractivity contribution is 0.366. The number of rotatable bonds is 4. The summed E-state index contributed by atoms with van der Waals surface area (Å²) >= 11 is 0. The van der Waals surface area contributed by atoms with Gasteiger partial charge in [-0.2, -0.15) is 4.98 Å². The fourth-order valence-corrected chi connectivity index (χ4v) is 1.31. The van der Waals surface area contributed by atoms with E-state index < -0.39 is 0 Å². The zero-order valence-corrected chi connectivity index (χ0v) is 7.86. The minimum absolute atomic E-state index is 0.0919. The SMILES string of the molecule is CC(N)Cc1nc(CC2CC2)no1. The van der Waals surface area contributed by atoms with Gasteiger partial charge in [-0.05, 0) is 25.7 Å². The Morgan fingerprint density at radius 2 is 2.38 bits per heavy atom. The average Bonchev–Trinajstić information content (AvgIpc) is 2.73. The maximum atomic E-state index is 5.62. The summed E-state index contributed by atoms with van der Waals surface area (Å²) in [6.45, 7) is 1.94. The van der Waals surface area contributed by atoms with Crippen LogP contribution in [0.4, 0.5) is 0 Å². The van der Waals surface area contributed by atoms with E-state index in [0.29, 0.717) is 12.3 Å². The summed E-state index contributed by atoms with van der Waals surface area (Å²) in [5.74, 6) is 2.32. The molecule has 2 N–H and O–H groups in total. The smallest absolute Gasteiger partial charge is 0.228 e. The van der Waals surface area contributed by atoms with E-state index in [2.05, 4.69) is 10.1 Å². The molecule has 0 spiro atoms. The molecule has 1 unspecified atom stereocenters. The third-order valence-electron chi connectivity index (χ3n) is 2.17. The quantitative estimate of drug-likeness (QED) is 0.749. The Bertz CT molecular complexity index is 260. The van der Waals surface area contributed by atoms with Crippen LogP contribution in [-0.2, 0) is 12.8 Å². The number of nitrogens with zero attached hydrogens (tertiary/aromatic N) is 2. The van der Waals surface area contributed by atoms with Crippen molar-refractivity contribution in [2.24, 2.45) is 11.7 Å². The van der Waals surface area contributed by atoms with E-state index in [-0.39, 0.29) is 6.04 Å². The van der Waals surface area contributed by atoms with Crippen molar-refractivity contribution < 1.29 is 4.52 Å². The van der Waals surface area contributed by atoms with Crippen LogP contribution in [0.15, 0.2) is 4.52 Å². The first-order valence-corrected chi connectivity index (χ1v) is 4.81. The van der Waals surface area contributed by atoms with Gasteiger partial charge in [-0.25, -0.2) is 0 Å². The van der Waals surface area contributed by atoms with Gasteiger partial charge >= 0.3 is 0 Å². The summed E-state index contributed by atoms with van der Waals surface area (Å²) in [5.41, 5.74) is 5.62. The molecule has 0 bridgehead atoms. The zero-order valence-electron chi connectivity index (χ0n) is 7.86. The Morgan fingerprint density at radius 3 is 3.00 bits per heavy atom. The third-order valence-corrected chi connectivity index (χ3v) is 2.17.